The van der Waals surface area contributed by atoms with E-state index in [1.807, 2.05) is 19.0 Å². The Hall–Kier alpha value is -1.27. The van der Waals surface area contributed by atoms with E-state index in [0.717, 1.165) is 12.8 Å². The number of hydrogen-bond donors (Lipinski definition) is 1. The first-order valence-electron chi connectivity index (χ1n) is 5.22. The van der Waals surface area contributed by atoms with Crippen LogP contribution in [-0.4, -0.2) is 46.8 Å². The van der Waals surface area contributed by atoms with Crippen LogP contribution >= 0.6 is 0 Å². The van der Waals surface area contributed by atoms with Crippen LogP contribution in [0.1, 0.15) is 0 Å². The molecule has 0 aromatic heterocycles. The molecule has 0 heterocycles. The van der Waals surface area contributed by atoms with E-state index >= 15 is 0 Å². The van der Waals surface area contributed by atoms with E-state index in [1.165, 1.54) is 0 Å². The predicted octanol–water partition coefficient (Wildman–Crippen LogP) is 0.998. The van der Waals surface area contributed by atoms with Gasteiger partial charge in [0, 0.05) is 12.6 Å². The Kier molecular flexibility index (Phi) is 4.77. The van der Waals surface area contributed by atoms with E-state index in [2.05, 4.69) is 4.72 Å². The third-order valence-electron chi connectivity index (χ3n) is 1.94. The largest absolute Gasteiger partial charge is 0.492 e. The maximum absolute atomic E-state index is 11.1. The quantitative estimate of drug-likeness (QED) is 0.827. The summed E-state index contributed by atoms with van der Waals surface area (Å²) in [5.41, 5.74) is 0.509. The molecule has 1 rings (SSSR count). The average molecular weight is 258 g/mol. The van der Waals surface area contributed by atoms with Crippen LogP contribution in [0.25, 0.3) is 0 Å². The minimum Gasteiger partial charge on any atom is -0.492 e. The highest BCUT2D eigenvalue weighted by atomic mass is 32.2. The molecule has 1 aromatic carbocycles. The number of anilines is 1. The van der Waals surface area contributed by atoms with E-state index in [0.29, 0.717) is 18.0 Å². The van der Waals surface area contributed by atoms with E-state index < -0.39 is 10.0 Å². The third kappa shape index (κ3) is 6.13. The zero-order valence-electron chi connectivity index (χ0n) is 10.3. The van der Waals surface area contributed by atoms with Crippen molar-refractivity contribution >= 4 is 15.7 Å². The fourth-order valence-corrected chi connectivity index (χ4v) is 1.76. The van der Waals surface area contributed by atoms with Crippen molar-refractivity contribution < 1.29 is 13.2 Å². The number of likely N-dealkylation sites (N-methyl/N-ethyl adjacent to an activating group) is 1. The molecule has 0 spiro atoms. The van der Waals surface area contributed by atoms with Crippen molar-refractivity contribution in [3.63, 3.8) is 0 Å². The van der Waals surface area contributed by atoms with E-state index in [1.54, 1.807) is 24.3 Å². The SMILES string of the molecule is CN(C)CCOc1cccc(NS(C)(=O)=O)c1. The molecule has 0 unspecified atom stereocenters. The van der Waals surface area contributed by atoms with Crippen molar-refractivity contribution in [1.82, 2.24) is 4.90 Å². The zero-order chi connectivity index (χ0) is 12.9. The minimum atomic E-state index is -3.24. The third-order valence-corrected chi connectivity index (χ3v) is 2.55. The summed E-state index contributed by atoms with van der Waals surface area (Å²) in [6.45, 7) is 1.37. The molecule has 96 valence electrons. The number of nitrogens with one attached hydrogen (secondary N) is 1. The van der Waals surface area contributed by atoms with Gasteiger partial charge in [-0.25, -0.2) is 8.42 Å². The predicted molar refractivity (Wildman–Crippen MR) is 69.0 cm³/mol. The fourth-order valence-electron chi connectivity index (χ4n) is 1.21. The lowest BCUT2D eigenvalue weighted by molar-refractivity contribution is 0.261. The molecule has 0 amide bonds. The molecule has 0 aliphatic carbocycles. The van der Waals surface area contributed by atoms with E-state index in [-0.39, 0.29) is 0 Å². The molecular weight excluding hydrogens is 240 g/mol. The molecule has 0 aliphatic rings. The van der Waals surface area contributed by atoms with Crippen LogP contribution in [0.15, 0.2) is 24.3 Å². The lowest BCUT2D eigenvalue weighted by Gasteiger charge is -2.12. The van der Waals surface area contributed by atoms with Crippen LogP contribution in [0.3, 0.4) is 0 Å². The van der Waals surface area contributed by atoms with Crippen LogP contribution in [0, 0.1) is 0 Å². The van der Waals surface area contributed by atoms with Gasteiger partial charge in [-0.3, -0.25) is 4.72 Å². The van der Waals surface area contributed by atoms with Gasteiger partial charge in [0.1, 0.15) is 12.4 Å². The Morgan fingerprint density at radius 3 is 2.65 bits per heavy atom. The normalized spacial score (nSPS) is 11.5. The molecule has 17 heavy (non-hydrogen) atoms. The number of sulfonamides is 1. The van der Waals surface area contributed by atoms with Gasteiger partial charge in [-0.2, -0.15) is 0 Å². The van der Waals surface area contributed by atoms with Crippen molar-refractivity contribution in [2.75, 3.05) is 38.2 Å². The maximum Gasteiger partial charge on any atom is 0.229 e. The molecule has 0 radical (unpaired) electrons. The number of nitrogens with zero attached hydrogens (tertiary/aromatic N) is 1. The Morgan fingerprint density at radius 1 is 1.35 bits per heavy atom. The highest BCUT2D eigenvalue weighted by Crippen LogP contribution is 2.17. The monoisotopic (exact) mass is 258 g/mol. The van der Waals surface area contributed by atoms with Gasteiger partial charge in [0.05, 0.1) is 11.9 Å². The summed E-state index contributed by atoms with van der Waals surface area (Å²) in [7, 11) is 0.685. The summed E-state index contributed by atoms with van der Waals surface area (Å²) in [5.74, 6) is 0.653. The second-order valence-electron chi connectivity index (χ2n) is 4.05. The fraction of sp³-hybridized carbons (Fsp3) is 0.455. The average Bonchev–Trinajstić information content (AvgIpc) is 2.14. The number of benzene rings is 1. The number of ether oxygens (including phenoxy) is 1. The van der Waals surface area contributed by atoms with Gasteiger partial charge in [-0.15, -0.1) is 0 Å². The highest BCUT2D eigenvalue weighted by molar-refractivity contribution is 7.92. The van der Waals surface area contributed by atoms with Gasteiger partial charge in [0.2, 0.25) is 10.0 Å². The van der Waals surface area contributed by atoms with Gasteiger partial charge in [-0.1, -0.05) is 6.07 Å². The first kappa shape index (κ1) is 13.8. The van der Waals surface area contributed by atoms with E-state index in [4.69, 9.17) is 4.74 Å². The van der Waals surface area contributed by atoms with Crippen LogP contribution in [-0.2, 0) is 10.0 Å². The van der Waals surface area contributed by atoms with Crippen LogP contribution in [0.2, 0.25) is 0 Å². The van der Waals surface area contributed by atoms with Gasteiger partial charge < -0.3 is 9.64 Å². The van der Waals surface area contributed by atoms with Gasteiger partial charge in [0.25, 0.3) is 0 Å². The van der Waals surface area contributed by atoms with Crippen molar-refractivity contribution in [2.24, 2.45) is 0 Å². The van der Waals surface area contributed by atoms with Crippen LogP contribution in [0.4, 0.5) is 5.69 Å². The second kappa shape index (κ2) is 5.88. The molecule has 1 N–H and O–H groups in total. The van der Waals surface area contributed by atoms with Crippen LogP contribution in [0.5, 0.6) is 5.75 Å². The number of rotatable bonds is 6. The van der Waals surface area contributed by atoms with Crippen molar-refractivity contribution in [3.8, 4) is 5.75 Å². The first-order valence-corrected chi connectivity index (χ1v) is 7.11. The molecule has 0 saturated heterocycles. The molecular formula is C11H18N2O3S. The summed E-state index contributed by atoms with van der Waals surface area (Å²) in [6.07, 6.45) is 1.12. The summed E-state index contributed by atoms with van der Waals surface area (Å²) in [6, 6.07) is 6.89. The molecule has 1 aromatic rings. The maximum atomic E-state index is 11.1. The molecule has 5 nitrogen and oxygen atoms in total. The standard InChI is InChI=1S/C11H18N2O3S/c1-13(2)7-8-16-11-6-4-5-10(9-11)12-17(3,14)15/h4-6,9,12H,7-8H2,1-3H3. The van der Waals surface area contributed by atoms with Gasteiger partial charge in [0.15, 0.2) is 0 Å². The van der Waals surface area contributed by atoms with Crippen LogP contribution < -0.4 is 9.46 Å². The summed E-state index contributed by atoms with van der Waals surface area (Å²) in [4.78, 5) is 2.01. The summed E-state index contributed by atoms with van der Waals surface area (Å²) in [5, 5.41) is 0. The Labute approximate surface area is 102 Å². The second-order valence-corrected chi connectivity index (χ2v) is 5.80. The lowest BCUT2D eigenvalue weighted by Crippen LogP contribution is -2.19. The summed E-state index contributed by atoms with van der Waals surface area (Å²) >= 11 is 0. The number of hydrogen-bond acceptors (Lipinski definition) is 4. The van der Waals surface area contributed by atoms with Gasteiger partial charge in [-0.05, 0) is 26.2 Å². The summed E-state index contributed by atoms with van der Waals surface area (Å²) < 4.78 is 30.0. The molecule has 0 atom stereocenters. The molecule has 0 aliphatic heterocycles. The zero-order valence-corrected chi connectivity index (χ0v) is 11.1. The van der Waals surface area contributed by atoms with E-state index in [9.17, 15) is 8.42 Å². The lowest BCUT2D eigenvalue weighted by atomic mass is 10.3. The first-order chi connectivity index (χ1) is 7.87. The molecule has 6 heteroatoms. The Bertz CT molecular complexity index is 458. The van der Waals surface area contributed by atoms with Crippen molar-refractivity contribution in [1.29, 1.82) is 0 Å². The molecule has 0 bridgehead atoms. The smallest absolute Gasteiger partial charge is 0.229 e. The minimum absolute atomic E-state index is 0.509. The molecule has 0 saturated carbocycles. The molecule has 0 fully saturated rings. The topological polar surface area (TPSA) is 58.6 Å². The Morgan fingerprint density at radius 2 is 2.06 bits per heavy atom. The Balaban J connectivity index is 2.60. The highest BCUT2D eigenvalue weighted by Gasteiger charge is 2.02. The van der Waals surface area contributed by atoms with Gasteiger partial charge >= 0.3 is 0 Å². The van der Waals surface area contributed by atoms with Crippen molar-refractivity contribution in [2.45, 2.75) is 0 Å². The van der Waals surface area contributed by atoms with Crippen molar-refractivity contribution in [3.05, 3.63) is 24.3 Å².